The lowest BCUT2D eigenvalue weighted by Crippen LogP contribution is -2.05. The van der Waals surface area contributed by atoms with Gasteiger partial charge < -0.3 is 5.11 Å². The predicted octanol–water partition coefficient (Wildman–Crippen LogP) is 1.76. The minimum Gasteiger partial charge on any atom is -0.389 e. The highest BCUT2D eigenvalue weighted by molar-refractivity contribution is 5.08. The Labute approximate surface area is 101 Å². The van der Waals surface area contributed by atoms with Crippen LogP contribution in [0.4, 0.5) is 0 Å². The van der Waals surface area contributed by atoms with E-state index in [1.54, 1.807) is 17.8 Å². The average molecular weight is 234 g/mol. The van der Waals surface area contributed by atoms with Crippen molar-refractivity contribution in [2.24, 2.45) is 0 Å². The Morgan fingerprint density at radius 2 is 2.12 bits per heavy atom. The van der Waals surface area contributed by atoms with Crippen molar-refractivity contribution in [1.29, 1.82) is 0 Å². The molecule has 1 atom stereocenters. The van der Waals surface area contributed by atoms with E-state index in [2.05, 4.69) is 24.0 Å². The van der Waals surface area contributed by atoms with Crippen molar-refractivity contribution in [2.75, 3.05) is 0 Å². The molecule has 5 heteroatoms. The van der Waals surface area contributed by atoms with Gasteiger partial charge >= 0.3 is 0 Å². The second-order valence-electron chi connectivity index (χ2n) is 4.53. The Kier molecular flexibility index (Phi) is 3.28. The fraction of sp³-hybridized carbons (Fsp3) is 0.500. The van der Waals surface area contributed by atoms with Crippen LogP contribution in [0.25, 0.3) is 0 Å². The van der Waals surface area contributed by atoms with Crippen LogP contribution in [0.5, 0.6) is 0 Å². The Morgan fingerprint density at radius 3 is 2.65 bits per heavy atom. The zero-order valence-electron chi connectivity index (χ0n) is 10.4. The molecule has 0 amide bonds. The van der Waals surface area contributed by atoms with Gasteiger partial charge in [-0.1, -0.05) is 0 Å². The van der Waals surface area contributed by atoms with Gasteiger partial charge in [-0.15, -0.1) is 0 Å². The van der Waals surface area contributed by atoms with Gasteiger partial charge in [0.2, 0.25) is 0 Å². The number of hydrogen-bond acceptors (Lipinski definition) is 3. The molecule has 0 saturated carbocycles. The van der Waals surface area contributed by atoms with Crippen molar-refractivity contribution in [3.05, 3.63) is 35.9 Å². The summed E-state index contributed by atoms with van der Waals surface area (Å²) in [4.78, 5) is 0. The maximum absolute atomic E-state index is 9.41. The van der Waals surface area contributed by atoms with Crippen molar-refractivity contribution in [1.82, 2.24) is 19.6 Å². The van der Waals surface area contributed by atoms with Crippen LogP contribution >= 0.6 is 0 Å². The summed E-state index contributed by atoms with van der Waals surface area (Å²) in [5.41, 5.74) is 1.80. The molecule has 0 fully saturated rings. The third-order valence-corrected chi connectivity index (χ3v) is 2.65. The Morgan fingerprint density at radius 1 is 1.35 bits per heavy atom. The zero-order valence-corrected chi connectivity index (χ0v) is 10.4. The first-order chi connectivity index (χ1) is 8.06. The Bertz CT molecular complexity index is 440. The van der Waals surface area contributed by atoms with E-state index in [0.717, 1.165) is 11.3 Å². The molecular formula is C12H18N4O. The van der Waals surface area contributed by atoms with E-state index in [1.807, 2.05) is 23.1 Å². The van der Waals surface area contributed by atoms with Gasteiger partial charge in [-0.3, -0.25) is 9.36 Å². The molecular weight excluding hydrogens is 216 g/mol. The second kappa shape index (κ2) is 4.71. The molecule has 2 aromatic rings. The van der Waals surface area contributed by atoms with Crippen LogP contribution in [-0.4, -0.2) is 24.7 Å². The minimum atomic E-state index is -0.475. The molecule has 5 nitrogen and oxygen atoms in total. The molecule has 2 aromatic heterocycles. The molecule has 0 saturated heterocycles. The number of aliphatic hydroxyl groups excluding tert-OH is 1. The molecule has 17 heavy (non-hydrogen) atoms. The van der Waals surface area contributed by atoms with Crippen LogP contribution in [0.2, 0.25) is 0 Å². The molecule has 0 radical (unpaired) electrons. The van der Waals surface area contributed by atoms with E-state index in [1.165, 1.54) is 0 Å². The lowest BCUT2D eigenvalue weighted by atomic mass is 10.2. The lowest BCUT2D eigenvalue weighted by Gasteiger charge is -2.03. The van der Waals surface area contributed by atoms with Crippen LogP contribution in [0.3, 0.4) is 0 Å². The molecule has 0 spiro atoms. The smallest absolute Gasteiger partial charge is 0.0849 e. The maximum atomic E-state index is 9.41. The Balaban J connectivity index is 2.08. The maximum Gasteiger partial charge on any atom is 0.0849 e. The highest BCUT2D eigenvalue weighted by Gasteiger charge is 2.06. The number of rotatable bonds is 4. The SMILES string of the molecule is CC(O)c1cnn(Cc2ccn(C(C)C)n2)c1. The molecule has 0 bridgehead atoms. The molecule has 0 aromatic carbocycles. The fourth-order valence-corrected chi connectivity index (χ4v) is 1.60. The van der Waals surface area contributed by atoms with E-state index in [-0.39, 0.29) is 0 Å². The van der Waals surface area contributed by atoms with Gasteiger partial charge in [-0.2, -0.15) is 10.2 Å². The molecule has 1 unspecified atom stereocenters. The van der Waals surface area contributed by atoms with E-state index < -0.39 is 6.10 Å². The van der Waals surface area contributed by atoms with Gasteiger partial charge in [-0.05, 0) is 26.8 Å². The monoisotopic (exact) mass is 234 g/mol. The van der Waals surface area contributed by atoms with Crippen LogP contribution in [0.1, 0.15) is 44.2 Å². The number of aromatic nitrogens is 4. The quantitative estimate of drug-likeness (QED) is 0.877. The van der Waals surface area contributed by atoms with Crippen molar-refractivity contribution >= 4 is 0 Å². The first kappa shape index (κ1) is 11.9. The summed E-state index contributed by atoms with van der Waals surface area (Å²) >= 11 is 0. The highest BCUT2D eigenvalue weighted by atomic mass is 16.3. The summed E-state index contributed by atoms with van der Waals surface area (Å²) in [6.45, 7) is 6.55. The molecule has 0 aliphatic rings. The van der Waals surface area contributed by atoms with Crippen molar-refractivity contribution in [2.45, 2.75) is 39.5 Å². The van der Waals surface area contributed by atoms with E-state index in [9.17, 15) is 5.11 Å². The first-order valence-corrected chi connectivity index (χ1v) is 5.80. The summed E-state index contributed by atoms with van der Waals surface area (Å²) in [7, 11) is 0. The summed E-state index contributed by atoms with van der Waals surface area (Å²) < 4.78 is 3.71. The molecule has 1 N–H and O–H groups in total. The Hall–Kier alpha value is -1.62. The van der Waals surface area contributed by atoms with Gasteiger partial charge in [0.1, 0.15) is 0 Å². The van der Waals surface area contributed by atoms with E-state index in [0.29, 0.717) is 12.6 Å². The van der Waals surface area contributed by atoms with Gasteiger partial charge in [0.15, 0.2) is 0 Å². The largest absolute Gasteiger partial charge is 0.389 e. The molecule has 0 aliphatic heterocycles. The van der Waals surface area contributed by atoms with Crippen LogP contribution < -0.4 is 0 Å². The molecule has 0 aliphatic carbocycles. The summed E-state index contributed by atoms with van der Waals surface area (Å²) in [6, 6.07) is 2.36. The summed E-state index contributed by atoms with van der Waals surface area (Å²) in [6.07, 6.45) is 5.03. The van der Waals surface area contributed by atoms with Crippen molar-refractivity contribution in [3.8, 4) is 0 Å². The third-order valence-electron chi connectivity index (χ3n) is 2.65. The zero-order chi connectivity index (χ0) is 12.4. The summed E-state index contributed by atoms with van der Waals surface area (Å²) in [5.74, 6) is 0. The lowest BCUT2D eigenvalue weighted by molar-refractivity contribution is 0.199. The van der Waals surface area contributed by atoms with Crippen LogP contribution in [-0.2, 0) is 6.54 Å². The van der Waals surface area contributed by atoms with Crippen LogP contribution in [0.15, 0.2) is 24.7 Å². The summed E-state index contributed by atoms with van der Waals surface area (Å²) in [5, 5.41) is 18.1. The van der Waals surface area contributed by atoms with Crippen molar-refractivity contribution < 1.29 is 5.11 Å². The van der Waals surface area contributed by atoms with Gasteiger partial charge in [-0.25, -0.2) is 0 Å². The van der Waals surface area contributed by atoms with E-state index in [4.69, 9.17) is 0 Å². The standard InChI is InChI=1S/C12H18N4O/c1-9(2)16-5-4-12(14-16)8-15-7-11(6-13-15)10(3)17/h4-7,9-10,17H,8H2,1-3H3. The topological polar surface area (TPSA) is 55.9 Å². The van der Waals surface area contributed by atoms with Gasteiger partial charge in [0.25, 0.3) is 0 Å². The van der Waals surface area contributed by atoms with E-state index >= 15 is 0 Å². The van der Waals surface area contributed by atoms with Gasteiger partial charge in [0, 0.05) is 24.0 Å². The number of nitrogens with zero attached hydrogens (tertiary/aromatic N) is 4. The number of hydrogen-bond donors (Lipinski definition) is 1. The van der Waals surface area contributed by atoms with Gasteiger partial charge in [0.05, 0.1) is 24.5 Å². The minimum absolute atomic E-state index is 0.370. The predicted molar refractivity (Wildman–Crippen MR) is 64.6 cm³/mol. The highest BCUT2D eigenvalue weighted by Crippen LogP contribution is 2.11. The third kappa shape index (κ3) is 2.74. The van der Waals surface area contributed by atoms with Crippen molar-refractivity contribution in [3.63, 3.8) is 0 Å². The molecule has 2 rings (SSSR count). The molecule has 2 heterocycles. The molecule has 92 valence electrons. The van der Waals surface area contributed by atoms with Crippen LogP contribution in [0, 0.1) is 0 Å². The second-order valence-corrected chi connectivity index (χ2v) is 4.53. The first-order valence-electron chi connectivity index (χ1n) is 5.80. The number of aliphatic hydroxyl groups is 1. The average Bonchev–Trinajstić information content (AvgIpc) is 2.87. The fourth-order valence-electron chi connectivity index (χ4n) is 1.60. The normalized spacial score (nSPS) is 13.2.